The maximum Gasteiger partial charge on any atom is 0.0799 e. The highest BCUT2D eigenvalue weighted by molar-refractivity contribution is 5.86. The maximum absolute atomic E-state index is 4.04. The lowest BCUT2D eigenvalue weighted by Crippen LogP contribution is -2.43. The van der Waals surface area contributed by atoms with E-state index in [-0.39, 0.29) is 5.54 Å². The minimum atomic E-state index is -0.128. The third-order valence-electron chi connectivity index (χ3n) is 4.18. The van der Waals surface area contributed by atoms with Crippen LogP contribution in [0.5, 0.6) is 0 Å². The van der Waals surface area contributed by atoms with Crippen LogP contribution in [-0.2, 0) is 0 Å². The van der Waals surface area contributed by atoms with Crippen LogP contribution in [0.1, 0.15) is 6.42 Å². The molecule has 1 nitrogen and oxygen atoms in total. The van der Waals surface area contributed by atoms with Gasteiger partial charge in [0.2, 0.25) is 0 Å². The van der Waals surface area contributed by atoms with Crippen molar-refractivity contribution in [1.82, 2.24) is 0 Å². The molecule has 0 fully saturated rings. The Hall–Kier alpha value is -2.28. The summed E-state index contributed by atoms with van der Waals surface area (Å²) < 4.78 is 0. The van der Waals surface area contributed by atoms with E-state index in [1.165, 1.54) is 16.5 Å². The molecule has 3 rings (SSSR count). The van der Waals surface area contributed by atoms with Gasteiger partial charge in [-0.3, -0.25) is 0 Å². The fraction of sp³-hybridized carbons (Fsp3) is 0.158. The molecule has 1 aliphatic rings. The predicted molar refractivity (Wildman–Crippen MR) is 88.2 cm³/mol. The molecule has 0 amide bonds. The molecule has 20 heavy (non-hydrogen) atoms. The van der Waals surface area contributed by atoms with E-state index in [0.29, 0.717) is 0 Å². The van der Waals surface area contributed by atoms with Gasteiger partial charge in [0.05, 0.1) is 5.54 Å². The van der Waals surface area contributed by atoms with Gasteiger partial charge in [0, 0.05) is 12.7 Å². The van der Waals surface area contributed by atoms with Crippen LogP contribution < -0.4 is 4.90 Å². The van der Waals surface area contributed by atoms with Gasteiger partial charge < -0.3 is 4.90 Å². The predicted octanol–water partition coefficient (Wildman–Crippen LogP) is 4.72. The molecule has 0 saturated heterocycles. The number of allylic oxidation sites excluding steroid dienone is 2. The monoisotopic (exact) mass is 261 g/mol. The first kappa shape index (κ1) is 12.7. The maximum atomic E-state index is 4.04. The smallest absolute Gasteiger partial charge is 0.0799 e. The summed E-state index contributed by atoms with van der Waals surface area (Å²) in [6.07, 6.45) is 11.6. The Labute approximate surface area is 120 Å². The molecule has 0 bridgehead atoms. The van der Waals surface area contributed by atoms with Crippen LogP contribution in [0.4, 0.5) is 5.69 Å². The van der Waals surface area contributed by atoms with Gasteiger partial charge in [-0.25, -0.2) is 0 Å². The molecule has 0 radical (unpaired) electrons. The Morgan fingerprint density at radius 1 is 1.10 bits per heavy atom. The first-order valence-corrected chi connectivity index (χ1v) is 6.96. The van der Waals surface area contributed by atoms with Crippen molar-refractivity contribution < 1.29 is 0 Å². The molecule has 2 aromatic carbocycles. The zero-order chi connectivity index (χ0) is 14.0. The molecular weight excluding hydrogens is 242 g/mol. The van der Waals surface area contributed by atoms with Crippen LogP contribution in [0, 0.1) is 0 Å². The number of likely N-dealkylation sites (N-methyl/N-ethyl adjacent to an activating group) is 1. The summed E-state index contributed by atoms with van der Waals surface area (Å²) in [6.45, 7) is 4.04. The molecule has 0 N–H and O–H groups in total. The van der Waals surface area contributed by atoms with E-state index in [2.05, 4.69) is 85.3 Å². The molecule has 0 spiro atoms. The van der Waals surface area contributed by atoms with Gasteiger partial charge >= 0.3 is 0 Å². The molecule has 1 atom stereocenters. The fourth-order valence-corrected chi connectivity index (χ4v) is 2.79. The van der Waals surface area contributed by atoms with E-state index in [4.69, 9.17) is 0 Å². The van der Waals surface area contributed by atoms with Crippen molar-refractivity contribution in [1.29, 1.82) is 0 Å². The highest BCUT2D eigenvalue weighted by atomic mass is 15.2. The van der Waals surface area contributed by atoms with E-state index in [9.17, 15) is 0 Å². The number of hydrogen-bond acceptors (Lipinski definition) is 1. The quantitative estimate of drug-likeness (QED) is 0.723. The van der Waals surface area contributed by atoms with Gasteiger partial charge in [0.15, 0.2) is 0 Å². The lowest BCUT2D eigenvalue weighted by Gasteiger charge is -2.39. The van der Waals surface area contributed by atoms with Crippen LogP contribution in [0.25, 0.3) is 10.8 Å². The molecule has 0 aromatic heterocycles. The van der Waals surface area contributed by atoms with Crippen molar-refractivity contribution in [2.24, 2.45) is 0 Å². The van der Waals surface area contributed by atoms with Crippen molar-refractivity contribution in [2.75, 3.05) is 11.9 Å². The minimum Gasteiger partial charge on any atom is -0.362 e. The first-order valence-electron chi connectivity index (χ1n) is 6.96. The SMILES string of the molecule is C=C[C@@]1(N(C)c2ccc3ccccc3c2)C=CC=CC1. The third kappa shape index (κ3) is 2.05. The van der Waals surface area contributed by atoms with Crippen LogP contribution in [0.2, 0.25) is 0 Å². The number of benzene rings is 2. The molecule has 2 aromatic rings. The lowest BCUT2D eigenvalue weighted by atomic mass is 9.89. The first-order chi connectivity index (χ1) is 9.75. The molecule has 0 unspecified atom stereocenters. The second-order valence-corrected chi connectivity index (χ2v) is 5.28. The fourth-order valence-electron chi connectivity index (χ4n) is 2.79. The zero-order valence-corrected chi connectivity index (χ0v) is 11.8. The normalized spacial score (nSPS) is 21.1. The zero-order valence-electron chi connectivity index (χ0n) is 11.8. The standard InChI is InChI=1S/C19H19N/c1-3-19(13-7-4-8-14-19)20(2)18-12-11-16-9-5-6-10-17(16)15-18/h3-13,15H,1,14H2,2H3/t19-/m1/s1. The summed E-state index contributed by atoms with van der Waals surface area (Å²) in [6, 6.07) is 15.1. The highest BCUT2D eigenvalue weighted by Crippen LogP contribution is 2.32. The van der Waals surface area contributed by atoms with E-state index < -0.39 is 0 Å². The largest absolute Gasteiger partial charge is 0.362 e. The number of nitrogens with zero attached hydrogens (tertiary/aromatic N) is 1. The number of anilines is 1. The second kappa shape index (κ2) is 5.01. The molecule has 1 aliphatic carbocycles. The van der Waals surface area contributed by atoms with Gasteiger partial charge in [-0.05, 0) is 29.3 Å². The average Bonchev–Trinajstić information content (AvgIpc) is 2.54. The average molecular weight is 261 g/mol. The summed E-state index contributed by atoms with van der Waals surface area (Å²) in [7, 11) is 2.13. The highest BCUT2D eigenvalue weighted by Gasteiger charge is 2.28. The van der Waals surface area contributed by atoms with Crippen molar-refractivity contribution in [3.05, 3.63) is 79.4 Å². The third-order valence-corrected chi connectivity index (χ3v) is 4.18. The molecule has 1 heteroatoms. The van der Waals surface area contributed by atoms with Gasteiger partial charge in [-0.2, -0.15) is 0 Å². The van der Waals surface area contributed by atoms with E-state index in [1.807, 2.05) is 6.08 Å². The Kier molecular flexibility index (Phi) is 3.19. The van der Waals surface area contributed by atoms with Crippen molar-refractivity contribution in [3.63, 3.8) is 0 Å². The molecule has 0 heterocycles. The Balaban J connectivity index is 2.03. The second-order valence-electron chi connectivity index (χ2n) is 5.28. The summed E-state index contributed by atoms with van der Waals surface area (Å²) in [5.74, 6) is 0. The van der Waals surface area contributed by atoms with E-state index in [0.717, 1.165) is 6.42 Å². The summed E-state index contributed by atoms with van der Waals surface area (Å²) in [5, 5.41) is 2.54. The van der Waals surface area contributed by atoms with Gasteiger partial charge in [0.25, 0.3) is 0 Å². The van der Waals surface area contributed by atoms with Crippen molar-refractivity contribution in [3.8, 4) is 0 Å². The van der Waals surface area contributed by atoms with Crippen LogP contribution in [0.3, 0.4) is 0 Å². The number of hydrogen-bond donors (Lipinski definition) is 0. The van der Waals surface area contributed by atoms with Gasteiger partial charge in [-0.1, -0.05) is 60.7 Å². The van der Waals surface area contributed by atoms with E-state index >= 15 is 0 Å². The topological polar surface area (TPSA) is 3.24 Å². The van der Waals surface area contributed by atoms with Gasteiger partial charge in [0.1, 0.15) is 0 Å². The molecule has 0 saturated carbocycles. The molecule has 100 valence electrons. The molecule has 0 aliphatic heterocycles. The molecular formula is C19H19N. The van der Waals surface area contributed by atoms with Crippen LogP contribution in [0.15, 0.2) is 79.4 Å². The summed E-state index contributed by atoms with van der Waals surface area (Å²) in [5.41, 5.74) is 1.08. The minimum absolute atomic E-state index is 0.128. The van der Waals surface area contributed by atoms with Crippen LogP contribution >= 0.6 is 0 Å². The lowest BCUT2D eigenvalue weighted by molar-refractivity contribution is 0.612. The Morgan fingerprint density at radius 2 is 1.90 bits per heavy atom. The van der Waals surface area contributed by atoms with Crippen LogP contribution in [-0.4, -0.2) is 12.6 Å². The van der Waals surface area contributed by atoms with Crippen molar-refractivity contribution in [2.45, 2.75) is 12.0 Å². The van der Waals surface area contributed by atoms with Crippen molar-refractivity contribution >= 4 is 16.5 Å². The van der Waals surface area contributed by atoms with E-state index in [1.54, 1.807) is 0 Å². The summed E-state index contributed by atoms with van der Waals surface area (Å²) in [4.78, 5) is 2.30. The number of fused-ring (bicyclic) bond motifs is 1. The Morgan fingerprint density at radius 3 is 2.60 bits per heavy atom. The Bertz CT molecular complexity index is 696. The number of rotatable bonds is 3. The summed E-state index contributed by atoms with van der Waals surface area (Å²) >= 11 is 0. The van der Waals surface area contributed by atoms with Gasteiger partial charge in [-0.15, -0.1) is 6.58 Å².